The molecule has 0 aliphatic heterocycles. The van der Waals surface area contributed by atoms with E-state index in [4.69, 9.17) is 4.74 Å². The van der Waals surface area contributed by atoms with E-state index in [-0.39, 0.29) is 5.97 Å². The Balaban J connectivity index is 3.18. The summed E-state index contributed by atoms with van der Waals surface area (Å²) in [5.74, 6) is 0.0177. The molecule has 0 aromatic rings. The van der Waals surface area contributed by atoms with Gasteiger partial charge in [-0.3, -0.25) is 4.79 Å². The van der Waals surface area contributed by atoms with Crippen LogP contribution >= 0.6 is 0 Å². The van der Waals surface area contributed by atoms with Crippen molar-refractivity contribution in [2.75, 3.05) is 6.61 Å². The van der Waals surface area contributed by atoms with Crippen LogP contribution in [-0.2, 0) is 9.53 Å². The molecule has 0 aliphatic carbocycles. The first-order valence-corrected chi connectivity index (χ1v) is 18.1. The van der Waals surface area contributed by atoms with Crippen LogP contribution in [0, 0.1) is 0 Å². The summed E-state index contributed by atoms with van der Waals surface area (Å²) < 4.78 is 5.44. The summed E-state index contributed by atoms with van der Waals surface area (Å²) in [6.07, 6.45) is 45.6. The second kappa shape index (κ2) is 35.2. The fourth-order valence-electron chi connectivity index (χ4n) is 5.43. The van der Waals surface area contributed by atoms with Gasteiger partial charge in [-0.15, -0.1) is 0 Å². The summed E-state index contributed by atoms with van der Waals surface area (Å²) in [6, 6.07) is 0. The average Bonchev–Trinajstić information content (AvgIpc) is 2.94. The van der Waals surface area contributed by atoms with Gasteiger partial charge in [0.1, 0.15) is 0 Å². The number of hydrogen-bond acceptors (Lipinski definition) is 2. The molecule has 0 aromatic carbocycles. The number of carbonyl (C=O) groups excluding carboxylic acids is 1. The van der Waals surface area contributed by atoms with Gasteiger partial charge in [0, 0.05) is 6.42 Å². The first-order chi connectivity index (χ1) is 19.3. The van der Waals surface area contributed by atoms with Gasteiger partial charge in [0.05, 0.1) is 6.61 Å². The van der Waals surface area contributed by atoms with Crippen molar-refractivity contribution in [3.05, 3.63) is 12.2 Å². The first kappa shape index (κ1) is 38.2. The van der Waals surface area contributed by atoms with Gasteiger partial charge in [-0.05, 0) is 38.5 Å². The van der Waals surface area contributed by atoms with Crippen molar-refractivity contribution in [3.8, 4) is 0 Å². The quantitative estimate of drug-likeness (QED) is 0.0463. The van der Waals surface area contributed by atoms with Crippen LogP contribution in [0.2, 0.25) is 0 Å². The minimum absolute atomic E-state index is 0.0177. The summed E-state index contributed by atoms with van der Waals surface area (Å²) >= 11 is 0. The molecule has 0 unspecified atom stereocenters. The van der Waals surface area contributed by atoms with E-state index in [9.17, 15) is 4.79 Å². The van der Waals surface area contributed by atoms with E-state index in [0.29, 0.717) is 13.0 Å². The fraction of sp³-hybridized carbons (Fsp3) is 0.919. The maximum atomic E-state index is 11.9. The van der Waals surface area contributed by atoms with Crippen molar-refractivity contribution in [1.29, 1.82) is 0 Å². The molecule has 2 nitrogen and oxygen atoms in total. The Labute approximate surface area is 246 Å². The van der Waals surface area contributed by atoms with E-state index in [2.05, 4.69) is 26.0 Å². The zero-order valence-electron chi connectivity index (χ0n) is 27.1. The van der Waals surface area contributed by atoms with Crippen LogP contribution in [0.25, 0.3) is 0 Å². The first-order valence-electron chi connectivity index (χ1n) is 18.1. The lowest BCUT2D eigenvalue weighted by atomic mass is 10.0. The lowest BCUT2D eigenvalue weighted by Gasteiger charge is -2.05. The molecule has 0 N–H and O–H groups in total. The molecule has 0 fully saturated rings. The van der Waals surface area contributed by atoms with E-state index in [1.807, 2.05) is 0 Å². The van der Waals surface area contributed by atoms with E-state index in [1.165, 1.54) is 173 Å². The van der Waals surface area contributed by atoms with E-state index >= 15 is 0 Å². The molecule has 0 heterocycles. The third-order valence-electron chi connectivity index (χ3n) is 8.15. The van der Waals surface area contributed by atoms with E-state index in [0.717, 1.165) is 19.3 Å². The largest absolute Gasteiger partial charge is 0.466 e. The Morgan fingerprint density at radius 3 is 1.10 bits per heavy atom. The second-order valence-corrected chi connectivity index (χ2v) is 12.2. The topological polar surface area (TPSA) is 26.3 Å². The van der Waals surface area contributed by atoms with Crippen molar-refractivity contribution in [2.45, 2.75) is 213 Å². The molecule has 0 radical (unpaired) electrons. The number of hydrogen-bond donors (Lipinski definition) is 0. The molecule has 0 saturated carbocycles. The van der Waals surface area contributed by atoms with E-state index < -0.39 is 0 Å². The summed E-state index contributed by atoms with van der Waals surface area (Å²) in [7, 11) is 0. The van der Waals surface area contributed by atoms with Crippen LogP contribution in [0.5, 0.6) is 0 Å². The highest BCUT2D eigenvalue weighted by Crippen LogP contribution is 2.14. The van der Waals surface area contributed by atoms with Gasteiger partial charge in [-0.25, -0.2) is 0 Å². The third kappa shape index (κ3) is 35.2. The molecule has 0 bridgehead atoms. The number of ether oxygens (including phenoxy) is 1. The Bertz CT molecular complexity index is 484. The zero-order valence-corrected chi connectivity index (χ0v) is 27.1. The minimum atomic E-state index is 0.0177. The molecule has 0 saturated heterocycles. The molecule has 2 heteroatoms. The van der Waals surface area contributed by atoms with Gasteiger partial charge in [0.25, 0.3) is 0 Å². The van der Waals surface area contributed by atoms with Gasteiger partial charge in [-0.1, -0.05) is 180 Å². The molecule has 0 atom stereocenters. The summed E-state index contributed by atoms with van der Waals surface area (Å²) in [4.78, 5) is 11.9. The third-order valence-corrected chi connectivity index (χ3v) is 8.15. The molecule has 0 rings (SSSR count). The number of rotatable bonds is 33. The normalized spacial score (nSPS) is 11.5. The fourth-order valence-corrected chi connectivity index (χ4v) is 5.43. The molecular weight excluding hydrogens is 476 g/mol. The Morgan fingerprint density at radius 1 is 0.410 bits per heavy atom. The highest BCUT2D eigenvalue weighted by molar-refractivity contribution is 5.69. The predicted octanol–water partition coefficient (Wildman–Crippen LogP) is 13.2. The van der Waals surface area contributed by atoms with Gasteiger partial charge < -0.3 is 4.74 Å². The maximum absolute atomic E-state index is 11.9. The SMILES string of the molecule is CCCCCCCC/C=C\CCCCCCCC(=O)OCCCCCCCCCCCCCCCCCCC. The monoisotopic (exact) mass is 549 g/mol. The van der Waals surface area contributed by atoms with Crippen LogP contribution in [0.3, 0.4) is 0 Å². The van der Waals surface area contributed by atoms with Crippen LogP contribution in [0.4, 0.5) is 0 Å². The lowest BCUT2D eigenvalue weighted by Crippen LogP contribution is -2.05. The molecule has 232 valence electrons. The zero-order chi connectivity index (χ0) is 28.3. The van der Waals surface area contributed by atoms with Crippen molar-refractivity contribution < 1.29 is 9.53 Å². The molecule has 0 aromatic heterocycles. The number of carbonyl (C=O) groups is 1. The van der Waals surface area contributed by atoms with Crippen LogP contribution in [0.1, 0.15) is 213 Å². The highest BCUT2D eigenvalue weighted by Gasteiger charge is 2.02. The number of allylic oxidation sites excluding steroid dienone is 2. The average molecular weight is 549 g/mol. The minimum Gasteiger partial charge on any atom is -0.466 e. The second-order valence-electron chi connectivity index (χ2n) is 12.2. The summed E-state index contributed by atoms with van der Waals surface area (Å²) in [5.41, 5.74) is 0. The van der Waals surface area contributed by atoms with E-state index in [1.54, 1.807) is 0 Å². The summed E-state index contributed by atoms with van der Waals surface area (Å²) in [5, 5.41) is 0. The van der Waals surface area contributed by atoms with Gasteiger partial charge >= 0.3 is 5.97 Å². The Morgan fingerprint density at radius 2 is 0.718 bits per heavy atom. The van der Waals surface area contributed by atoms with Crippen molar-refractivity contribution >= 4 is 5.97 Å². The van der Waals surface area contributed by atoms with Gasteiger partial charge in [0.2, 0.25) is 0 Å². The van der Waals surface area contributed by atoms with Crippen LogP contribution in [-0.4, -0.2) is 12.6 Å². The molecular formula is C37H72O2. The maximum Gasteiger partial charge on any atom is 0.305 e. The number of unbranched alkanes of at least 4 members (excludes halogenated alkanes) is 27. The van der Waals surface area contributed by atoms with Gasteiger partial charge in [-0.2, -0.15) is 0 Å². The molecule has 0 amide bonds. The number of esters is 1. The summed E-state index contributed by atoms with van der Waals surface area (Å²) in [6.45, 7) is 5.20. The molecule has 39 heavy (non-hydrogen) atoms. The van der Waals surface area contributed by atoms with Crippen LogP contribution < -0.4 is 0 Å². The van der Waals surface area contributed by atoms with Gasteiger partial charge in [0.15, 0.2) is 0 Å². The highest BCUT2D eigenvalue weighted by atomic mass is 16.5. The molecule has 0 spiro atoms. The van der Waals surface area contributed by atoms with Crippen LogP contribution in [0.15, 0.2) is 12.2 Å². The smallest absolute Gasteiger partial charge is 0.305 e. The Hall–Kier alpha value is -0.790. The van der Waals surface area contributed by atoms with Crippen molar-refractivity contribution in [3.63, 3.8) is 0 Å². The Kier molecular flexibility index (Phi) is 34.5. The predicted molar refractivity (Wildman–Crippen MR) is 175 cm³/mol. The van der Waals surface area contributed by atoms with Crippen molar-refractivity contribution in [2.24, 2.45) is 0 Å². The van der Waals surface area contributed by atoms with Crippen molar-refractivity contribution in [1.82, 2.24) is 0 Å². The standard InChI is InChI=1S/C37H72O2/c1-3-5-7-9-11-13-15-17-19-20-22-24-26-28-30-32-34-36-39-37(38)35-33-31-29-27-25-23-21-18-16-14-12-10-8-6-4-2/h18,21H,3-17,19-20,22-36H2,1-2H3/b21-18-. The lowest BCUT2D eigenvalue weighted by molar-refractivity contribution is -0.143. The molecule has 0 aliphatic rings.